The summed E-state index contributed by atoms with van der Waals surface area (Å²) in [6.45, 7) is 8.09. The second-order valence-corrected chi connectivity index (χ2v) is 7.61. The molecule has 6 nitrogen and oxygen atoms in total. The van der Waals surface area contributed by atoms with E-state index < -0.39 is 5.97 Å². The number of carbonyl (C=O) groups excluding carboxylic acids is 2. The van der Waals surface area contributed by atoms with E-state index in [1.807, 2.05) is 36.4 Å². The van der Waals surface area contributed by atoms with Gasteiger partial charge in [0.2, 0.25) is 0 Å². The van der Waals surface area contributed by atoms with Crippen molar-refractivity contribution in [2.24, 2.45) is 0 Å². The van der Waals surface area contributed by atoms with Crippen LogP contribution in [-0.4, -0.2) is 49.7 Å². The van der Waals surface area contributed by atoms with E-state index in [1.54, 1.807) is 12.1 Å². The molecule has 0 radical (unpaired) electrons. The zero-order chi connectivity index (χ0) is 21.3. The molecule has 2 aromatic carbocycles. The van der Waals surface area contributed by atoms with Crippen LogP contribution in [0.2, 0.25) is 0 Å². The van der Waals surface area contributed by atoms with E-state index in [-0.39, 0.29) is 12.5 Å². The number of amides is 1. The first-order valence-corrected chi connectivity index (χ1v) is 10.5. The maximum Gasteiger partial charge on any atom is 0.338 e. The molecule has 160 valence electrons. The van der Waals surface area contributed by atoms with Crippen LogP contribution in [0.4, 0.5) is 5.69 Å². The molecular formula is C24H30N2O4. The molecule has 1 heterocycles. The van der Waals surface area contributed by atoms with E-state index in [2.05, 4.69) is 24.1 Å². The Morgan fingerprint density at radius 2 is 1.80 bits per heavy atom. The van der Waals surface area contributed by atoms with Crippen LogP contribution in [-0.2, 0) is 20.8 Å². The summed E-state index contributed by atoms with van der Waals surface area (Å²) in [7, 11) is 0. The monoisotopic (exact) mass is 410 g/mol. The van der Waals surface area contributed by atoms with E-state index in [0.717, 1.165) is 56.1 Å². The van der Waals surface area contributed by atoms with Gasteiger partial charge in [-0.15, -0.1) is 0 Å². The van der Waals surface area contributed by atoms with Crippen molar-refractivity contribution in [3.63, 3.8) is 0 Å². The van der Waals surface area contributed by atoms with E-state index >= 15 is 0 Å². The van der Waals surface area contributed by atoms with E-state index in [9.17, 15) is 9.59 Å². The molecule has 0 saturated carbocycles. The zero-order valence-electron chi connectivity index (χ0n) is 17.7. The Bertz CT molecular complexity index is 845. The van der Waals surface area contributed by atoms with Gasteiger partial charge in [-0.1, -0.05) is 44.2 Å². The Hall–Kier alpha value is -2.70. The van der Waals surface area contributed by atoms with Gasteiger partial charge in [0.15, 0.2) is 6.61 Å². The molecule has 1 N–H and O–H groups in total. The number of ether oxygens (including phenoxy) is 2. The standard InChI is InChI=1S/C24H30N2O4/c1-3-18(2)21-6-4-5-7-22(21)25-23(27)17-30-24(28)20-10-8-19(9-11-20)16-26-12-14-29-15-13-26/h4-11,18H,3,12-17H2,1-2H3,(H,25,27)/t18-/m1/s1. The van der Waals surface area contributed by atoms with Crippen molar-refractivity contribution >= 4 is 17.6 Å². The lowest BCUT2D eigenvalue weighted by Crippen LogP contribution is -2.35. The van der Waals surface area contributed by atoms with E-state index in [0.29, 0.717) is 11.5 Å². The Morgan fingerprint density at radius 1 is 1.10 bits per heavy atom. The number of rotatable bonds is 8. The van der Waals surface area contributed by atoms with Crippen LogP contribution in [0, 0.1) is 0 Å². The third-order valence-corrected chi connectivity index (χ3v) is 5.41. The number of hydrogen-bond donors (Lipinski definition) is 1. The normalized spacial score (nSPS) is 15.4. The fourth-order valence-electron chi connectivity index (χ4n) is 3.42. The first kappa shape index (κ1) is 22.0. The van der Waals surface area contributed by atoms with E-state index in [1.165, 1.54) is 0 Å². The summed E-state index contributed by atoms with van der Waals surface area (Å²) in [5, 5.41) is 2.86. The van der Waals surface area contributed by atoms with Gasteiger partial charge in [-0.05, 0) is 41.7 Å². The highest BCUT2D eigenvalue weighted by Gasteiger charge is 2.15. The molecule has 0 unspecified atom stereocenters. The molecule has 1 saturated heterocycles. The Balaban J connectivity index is 1.50. The molecule has 6 heteroatoms. The molecule has 0 bridgehead atoms. The molecule has 1 atom stereocenters. The summed E-state index contributed by atoms with van der Waals surface area (Å²) >= 11 is 0. The van der Waals surface area contributed by atoms with Crippen molar-refractivity contribution in [2.75, 3.05) is 38.2 Å². The summed E-state index contributed by atoms with van der Waals surface area (Å²) in [4.78, 5) is 26.9. The molecule has 3 rings (SSSR count). The fourth-order valence-corrected chi connectivity index (χ4v) is 3.42. The minimum Gasteiger partial charge on any atom is -0.452 e. The van der Waals surface area contributed by atoms with Gasteiger partial charge in [-0.3, -0.25) is 9.69 Å². The van der Waals surface area contributed by atoms with Gasteiger partial charge < -0.3 is 14.8 Å². The number of nitrogens with zero attached hydrogens (tertiary/aromatic N) is 1. The van der Waals surface area contributed by atoms with Gasteiger partial charge >= 0.3 is 5.97 Å². The number of carbonyl (C=O) groups is 2. The van der Waals surface area contributed by atoms with Crippen molar-refractivity contribution in [1.82, 2.24) is 4.90 Å². The van der Waals surface area contributed by atoms with Crippen molar-refractivity contribution in [1.29, 1.82) is 0 Å². The number of benzene rings is 2. The minimum absolute atomic E-state index is 0.316. The average Bonchev–Trinajstić information content (AvgIpc) is 2.78. The number of para-hydroxylation sites is 1. The van der Waals surface area contributed by atoms with Crippen molar-refractivity contribution in [2.45, 2.75) is 32.7 Å². The molecule has 1 aliphatic rings. The molecule has 0 aromatic heterocycles. The van der Waals surface area contributed by atoms with Crippen LogP contribution in [0.15, 0.2) is 48.5 Å². The molecule has 1 aliphatic heterocycles. The molecule has 0 spiro atoms. The lowest BCUT2D eigenvalue weighted by atomic mass is 9.97. The quantitative estimate of drug-likeness (QED) is 0.670. The summed E-state index contributed by atoms with van der Waals surface area (Å²) in [6, 6.07) is 15.1. The van der Waals surface area contributed by atoms with E-state index in [4.69, 9.17) is 9.47 Å². The molecule has 1 amide bonds. The summed E-state index contributed by atoms with van der Waals surface area (Å²) in [6.07, 6.45) is 0.976. The largest absolute Gasteiger partial charge is 0.452 e. The molecule has 2 aromatic rings. The Morgan fingerprint density at radius 3 is 2.50 bits per heavy atom. The van der Waals surface area contributed by atoms with Crippen LogP contribution in [0.25, 0.3) is 0 Å². The van der Waals surface area contributed by atoms with Gasteiger partial charge in [0.1, 0.15) is 0 Å². The number of morpholine rings is 1. The average molecular weight is 411 g/mol. The highest BCUT2D eigenvalue weighted by atomic mass is 16.5. The minimum atomic E-state index is -0.502. The number of esters is 1. The molecular weight excluding hydrogens is 380 g/mol. The van der Waals surface area contributed by atoms with Crippen LogP contribution in [0.3, 0.4) is 0 Å². The molecule has 30 heavy (non-hydrogen) atoms. The SMILES string of the molecule is CC[C@@H](C)c1ccccc1NC(=O)COC(=O)c1ccc(CN2CCOCC2)cc1. The fraction of sp³-hybridized carbons (Fsp3) is 0.417. The topological polar surface area (TPSA) is 67.9 Å². The summed E-state index contributed by atoms with van der Waals surface area (Å²) < 4.78 is 10.6. The highest BCUT2D eigenvalue weighted by molar-refractivity contribution is 5.96. The Kier molecular flexibility index (Phi) is 7.99. The maximum absolute atomic E-state index is 12.3. The van der Waals surface area contributed by atoms with Gasteiger partial charge in [-0.2, -0.15) is 0 Å². The number of hydrogen-bond acceptors (Lipinski definition) is 5. The van der Waals surface area contributed by atoms with Crippen molar-refractivity contribution in [3.05, 3.63) is 65.2 Å². The first-order valence-electron chi connectivity index (χ1n) is 10.5. The smallest absolute Gasteiger partial charge is 0.338 e. The molecule has 1 fully saturated rings. The first-order chi connectivity index (χ1) is 14.6. The summed E-state index contributed by atoms with van der Waals surface area (Å²) in [5.74, 6) is -0.513. The second-order valence-electron chi connectivity index (χ2n) is 7.61. The molecule has 0 aliphatic carbocycles. The van der Waals surface area contributed by atoms with Crippen LogP contribution in [0.5, 0.6) is 0 Å². The highest BCUT2D eigenvalue weighted by Crippen LogP contribution is 2.26. The third-order valence-electron chi connectivity index (χ3n) is 5.41. The predicted molar refractivity (Wildman–Crippen MR) is 117 cm³/mol. The summed E-state index contributed by atoms with van der Waals surface area (Å²) in [5.41, 5.74) is 3.41. The third kappa shape index (κ3) is 6.15. The number of nitrogens with one attached hydrogen (secondary N) is 1. The van der Waals surface area contributed by atoms with Gasteiger partial charge in [0.05, 0.1) is 18.8 Å². The van der Waals surface area contributed by atoms with Crippen molar-refractivity contribution < 1.29 is 19.1 Å². The predicted octanol–water partition coefficient (Wildman–Crippen LogP) is 3.83. The zero-order valence-corrected chi connectivity index (χ0v) is 17.7. The Labute approximate surface area is 178 Å². The van der Waals surface area contributed by atoms with Crippen molar-refractivity contribution in [3.8, 4) is 0 Å². The van der Waals surface area contributed by atoms with Crippen LogP contribution < -0.4 is 5.32 Å². The van der Waals surface area contributed by atoms with Gasteiger partial charge in [0, 0.05) is 25.3 Å². The lowest BCUT2D eigenvalue weighted by Gasteiger charge is -2.26. The van der Waals surface area contributed by atoms with Gasteiger partial charge in [-0.25, -0.2) is 4.79 Å². The maximum atomic E-state index is 12.3. The van der Waals surface area contributed by atoms with Crippen LogP contribution in [0.1, 0.15) is 47.7 Å². The lowest BCUT2D eigenvalue weighted by molar-refractivity contribution is -0.119. The second kappa shape index (κ2) is 10.9. The van der Waals surface area contributed by atoms with Crippen LogP contribution >= 0.6 is 0 Å². The number of anilines is 1. The van der Waals surface area contributed by atoms with Gasteiger partial charge in [0.25, 0.3) is 5.91 Å².